The number of hydrogen-bond acceptors (Lipinski definition) is 6. The summed E-state index contributed by atoms with van der Waals surface area (Å²) in [5, 5.41) is 8.29. The standard InChI is InChI=1S/C12H15N3O2S/c1-8-14-15-12(17-8)18-7-9-3-4-10(6-13)11(5-9)16-2/h3-5H,6-7,13H2,1-2H3. The maximum absolute atomic E-state index is 5.63. The Balaban J connectivity index is 2.05. The van der Waals surface area contributed by atoms with Gasteiger partial charge in [0, 0.05) is 24.8 Å². The molecule has 0 aliphatic rings. The summed E-state index contributed by atoms with van der Waals surface area (Å²) in [5.74, 6) is 2.15. The van der Waals surface area contributed by atoms with Gasteiger partial charge in [0.1, 0.15) is 5.75 Å². The summed E-state index contributed by atoms with van der Waals surface area (Å²) in [6.07, 6.45) is 0. The largest absolute Gasteiger partial charge is 0.496 e. The fraction of sp³-hybridized carbons (Fsp3) is 0.333. The Morgan fingerprint density at radius 3 is 2.83 bits per heavy atom. The number of methoxy groups -OCH3 is 1. The molecule has 0 amide bonds. The number of benzene rings is 1. The summed E-state index contributed by atoms with van der Waals surface area (Å²) in [6.45, 7) is 2.25. The third kappa shape index (κ3) is 3.02. The topological polar surface area (TPSA) is 74.2 Å². The van der Waals surface area contributed by atoms with Gasteiger partial charge in [0.25, 0.3) is 5.22 Å². The lowest BCUT2D eigenvalue weighted by atomic mass is 10.1. The number of aryl methyl sites for hydroxylation is 1. The van der Waals surface area contributed by atoms with Gasteiger partial charge in [0.2, 0.25) is 5.89 Å². The van der Waals surface area contributed by atoms with E-state index in [0.29, 0.717) is 17.7 Å². The van der Waals surface area contributed by atoms with E-state index in [1.54, 1.807) is 14.0 Å². The van der Waals surface area contributed by atoms with Crippen molar-refractivity contribution in [2.45, 2.75) is 24.4 Å². The highest BCUT2D eigenvalue weighted by Gasteiger charge is 2.06. The Kier molecular flexibility index (Phi) is 4.22. The minimum atomic E-state index is 0.472. The number of rotatable bonds is 5. The van der Waals surface area contributed by atoms with Gasteiger partial charge in [-0.05, 0) is 11.6 Å². The Hall–Kier alpha value is -1.53. The van der Waals surface area contributed by atoms with E-state index in [1.807, 2.05) is 18.2 Å². The van der Waals surface area contributed by atoms with Crippen molar-refractivity contribution in [2.75, 3.05) is 7.11 Å². The van der Waals surface area contributed by atoms with Gasteiger partial charge in [-0.3, -0.25) is 0 Å². The molecule has 0 bridgehead atoms. The van der Waals surface area contributed by atoms with Crippen molar-refractivity contribution >= 4 is 11.8 Å². The van der Waals surface area contributed by atoms with Crippen molar-refractivity contribution in [3.05, 3.63) is 35.2 Å². The maximum Gasteiger partial charge on any atom is 0.276 e. The molecule has 0 saturated carbocycles. The molecule has 1 aromatic carbocycles. The predicted molar refractivity (Wildman–Crippen MR) is 69.5 cm³/mol. The van der Waals surface area contributed by atoms with Gasteiger partial charge < -0.3 is 14.9 Å². The molecule has 0 aliphatic carbocycles. The van der Waals surface area contributed by atoms with Crippen molar-refractivity contribution in [2.24, 2.45) is 5.73 Å². The highest BCUT2D eigenvalue weighted by Crippen LogP contribution is 2.25. The molecular weight excluding hydrogens is 250 g/mol. The quantitative estimate of drug-likeness (QED) is 0.835. The molecule has 6 heteroatoms. The van der Waals surface area contributed by atoms with Gasteiger partial charge in [0.15, 0.2) is 0 Å². The molecular formula is C12H15N3O2S. The Morgan fingerprint density at radius 1 is 1.39 bits per heavy atom. The van der Waals surface area contributed by atoms with Crippen LogP contribution in [0.2, 0.25) is 0 Å². The normalized spacial score (nSPS) is 10.6. The van der Waals surface area contributed by atoms with Crippen molar-refractivity contribution in [1.82, 2.24) is 10.2 Å². The van der Waals surface area contributed by atoms with E-state index < -0.39 is 0 Å². The number of nitrogens with zero attached hydrogens (tertiary/aromatic N) is 2. The van der Waals surface area contributed by atoms with Gasteiger partial charge in [-0.15, -0.1) is 10.2 Å². The van der Waals surface area contributed by atoms with Crippen LogP contribution in [0.15, 0.2) is 27.8 Å². The van der Waals surface area contributed by atoms with E-state index in [-0.39, 0.29) is 0 Å². The molecule has 0 unspecified atom stereocenters. The minimum absolute atomic E-state index is 0.472. The second-order valence-electron chi connectivity index (χ2n) is 3.73. The summed E-state index contributed by atoms with van der Waals surface area (Å²) < 4.78 is 10.6. The molecule has 0 saturated heterocycles. The highest BCUT2D eigenvalue weighted by atomic mass is 32.2. The molecule has 1 aromatic heterocycles. The second kappa shape index (κ2) is 5.88. The first-order valence-electron chi connectivity index (χ1n) is 5.51. The molecule has 0 aliphatic heterocycles. The first-order valence-corrected chi connectivity index (χ1v) is 6.50. The molecule has 2 N–H and O–H groups in total. The zero-order chi connectivity index (χ0) is 13.0. The number of thioether (sulfide) groups is 1. The van der Waals surface area contributed by atoms with E-state index in [9.17, 15) is 0 Å². The van der Waals surface area contributed by atoms with Crippen LogP contribution in [-0.2, 0) is 12.3 Å². The smallest absolute Gasteiger partial charge is 0.276 e. The SMILES string of the molecule is COc1cc(CSc2nnc(C)o2)ccc1CN. The van der Waals surface area contributed by atoms with Crippen molar-refractivity contribution in [3.63, 3.8) is 0 Å². The van der Waals surface area contributed by atoms with Crippen LogP contribution in [0.25, 0.3) is 0 Å². The summed E-state index contributed by atoms with van der Waals surface area (Å²) in [7, 11) is 1.65. The lowest BCUT2D eigenvalue weighted by Crippen LogP contribution is -2.00. The fourth-order valence-corrected chi connectivity index (χ4v) is 2.28. The average Bonchev–Trinajstić information content (AvgIpc) is 2.81. The van der Waals surface area contributed by atoms with Gasteiger partial charge in [-0.25, -0.2) is 0 Å². The zero-order valence-electron chi connectivity index (χ0n) is 10.3. The van der Waals surface area contributed by atoms with Crippen LogP contribution in [0.4, 0.5) is 0 Å². The highest BCUT2D eigenvalue weighted by molar-refractivity contribution is 7.98. The van der Waals surface area contributed by atoms with Crippen molar-refractivity contribution in [1.29, 1.82) is 0 Å². The number of aromatic nitrogens is 2. The molecule has 18 heavy (non-hydrogen) atoms. The van der Waals surface area contributed by atoms with E-state index >= 15 is 0 Å². The molecule has 0 radical (unpaired) electrons. The fourth-order valence-electron chi connectivity index (χ4n) is 1.53. The molecule has 0 spiro atoms. The summed E-state index contributed by atoms with van der Waals surface area (Å²) in [6, 6.07) is 5.99. The van der Waals surface area contributed by atoms with E-state index in [1.165, 1.54) is 11.8 Å². The third-order valence-electron chi connectivity index (χ3n) is 2.44. The van der Waals surface area contributed by atoms with Gasteiger partial charge in [-0.2, -0.15) is 0 Å². The summed E-state index contributed by atoms with van der Waals surface area (Å²) in [5.41, 5.74) is 7.76. The van der Waals surface area contributed by atoms with Crippen LogP contribution in [0, 0.1) is 6.92 Å². The first kappa shape index (κ1) is 12.9. The average molecular weight is 265 g/mol. The maximum atomic E-state index is 5.63. The van der Waals surface area contributed by atoms with Gasteiger partial charge >= 0.3 is 0 Å². The lowest BCUT2D eigenvalue weighted by molar-refractivity contribution is 0.409. The molecule has 0 fully saturated rings. The van der Waals surface area contributed by atoms with E-state index in [4.69, 9.17) is 14.9 Å². The first-order chi connectivity index (χ1) is 8.72. The monoisotopic (exact) mass is 265 g/mol. The van der Waals surface area contributed by atoms with Gasteiger partial charge in [-0.1, -0.05) is 23.9 Å². The predicted octanol–water partition coefficient (Wildman–Crippen LogP) is 2.14. The van der Waals surface area contributed by atoms with E-state index in [2.05, 4.69) is 10.2 Å². The number of ether oxygens (including phenoxy) is 1. The Morgan fingerprint density at radius 2 is 2.22 bits per heavy atom. The molecule has 2 rings (SSSR count). The Labute approximate surface area is 110 Å². The molecule has 5 nitrogen and oxygen atoms in total. The Bertz CT molecular complexity index is 528. The third-order valence-corrected chi connectivity index (χ3v) is 3.33. The van der Waals surface area contributed by atoms with Crippen molar-refractivity contribution < 1.29 is 9.15 Å². The lowest BCUT2D eigenvalue weighted by Gasteiger charge is -2.08. The number of nitrogens with two attached hydrogens (primary N) is 1. The summed E-state index contributed by atoms with van der Waals surface area (Å²) in [4.78, 5) is 0. The van der Waals surface area contributed by atoms with Crippen LogP contribution < -0.4 is 10.5 Å². The molecule has 2 aromatic rings. The van der Waals surface area contributed by atoms with Crippen LogP contribution >= 0.6 is 11.8 Å². The molecule has 0 atom stereocenters. The van der Waals surface area contributed by atoms with Crippen LogP contribution in [0.5, 0.6) is 5.75 Å². The molecule has 96 valence electrons. The number of hydrogen-bond donors (Lipinski definition) is 1. The molecule has 1 heterocycles. The summed E-state index contributed by atoms with van der Waals surface area (Å²) >= 11 is 1.50. The van der Waals surface area contributed by atoms with Crippen molar-refractivity contribution in [3.8, 4) is 5.75 Å². The van der Waals surface area contributed by atoms with Crippen LogP contribution in [0.1, 0.15) is 17.0 Å². The minimum Gasteiger partial charge on any atom is -0.496 e. The van der Waals surface area contributed by atoms with Crippen LogP contribution in [-0.4, -0.2) is 17.3 Å². The zero-order valence-corrected chi connectivity index (χ0v) is 11.2. The second-order valence-corrected chi connectivity index (χ2v) is 4.65. The van der Waals surface area contributed by atoms with Crippen LogP contribution in [0.3, 0.4) is 0 Å². The van der Waals surface area contributed by atoms with Gasteiger partial charge in [0.05, 0.1) is 7.11 Å². The van der Waals surface area contributed by atoms with E-state index in [0.717, 1.165) is 22.6 Å².